The Hall–Kier alpha value is -3.78. The van der Waals surface area contributed by atoms with Crippen molar-refractivity contribution in [2.45, 2.75) is 25.4 Å². The predicted molar refractivity (Wildman–Crippen MR) is 117 cm³/mol. The van der Waals surface area contributed by atoms with Crippen LogP contribution >= 0.6 is 0 Å². The van der Waals surface area contributed by atoms with Gasteiger partial charge in [0.05, 0.1) is 36.2 Å². The van der Waals surface area contributed by atoms with E-state index in [1.54, 1.807) is 18.5 Å². The van der Waals surface area contributed by atoms with E-state index in [0.717, 1.165) is 18.4 Å². The summed E-state index contributed by atoms with van der Waals surface area (Å²) in [4.78, 5) is 21.3. The van der Waals surface area contributed by atoms with E-state index < -0.39 is 0 Å². The lowest BCUT2D eigenvalue weighted by molar-refractivity contribution is 0.0698. The number of aliphatic hydroxyl groups excluding tert-OH is 1. The molecule has 0 spiro atoms. The van der Waals surface area contributed by atoms with Crippen LogP contribution in [0.25, 0.3) is 17.0 Å². The molecule has 5 rings (SSSR count). The molecule has 0 aliphatic carbocycles. The predicted octanol–water partition coefficient (Wildman–Crippen LogP) is 3.43. The molecule has 8 heteroatoms. The van der Waals surface area contributed by atoms with Crippen molar-refractivity contribution in [3.05, 3.63) is 84.1 Å². The summed E-state index contributed by atoms with van der Waals surface area (Å²) in [6.45, 7) is 0.960. The number of carbonyl (C=O) groups excluding carboxylic acids is 1. The van der Waals surface area contributed by atoms with Gasteiger partial charge in [0.15, 0.2) is 11.7 Å². The van der Waals surface area contributed by atoms with Crippen molar-refractivity contribution in [1.82, 2.24) is 24.9 Å². The molecule has 1 saturated heterocycles. The number of likely N-dealkylation sites (tertiary alicyclic amines) is 1. The van der Waals surface area contributed by atoms with Crippen molar-refractivity contribution < 1.29 is 14.3 Å². The maximum atomic E-state index is 13.4. The number of carbonyl (C=O) groups is 1. The van der Waals surface area contributed by atoms with Gasteiger partial charge in [0, 0.05) is 18.7 Å². The van der Waals surface area contributed by atoms with Gasteiger partial charge in [-0.1, -0.05) is 42.5 Å². The molecule has 2 aromatic heterocycles. The Kier molecular flexibility index (Phi) is 5.51. The Bertz CT molecular complexity index is 1200. The molecule has 8 nitrogen and oxygen atoms in total. The van der Waals surface area contributed by atoms with Gasteiger partial charge in [-0.25, -0.2) is 4.98 Å². The van der Waals surface area contributed by atoms with Crippen LogP contribution in [-0.4, -0.2) is 49.0 Å². The summed E-state index contributed by atoms with van der Waals surface area (Å²) in [5.74, 6) is 1.04. The average molecular weight is 429 g/mol. The highest BCUT2D eigenvalue weighted by Gasteiger charge is 2.30. The lowest BCUT2D eigenvalue weighted by Gasteiger charge is -2.31. The highest BCUT2D eigenvalue weighted by Crippen LogP contribution is 2.33. The first kappa shape index (κ1) is 20.1. The first-order valence-electron chi connectivity index (χ1n) is 10.7. The number of benzene rings is 2. The van der Waals surface area contributed by atoms with Gasteiger partial charge < -0.3 is 14.4 Å². The number of amides is 1. The number of aliphatic hydroxyl groups is 1. The number of nitrogens with zero attached hydrogens (tertiary/aromatic N) is 5. The molecular weight excluding hydrogens is 406 g/mol. The van der Waals surface area contributed by atoms with Crippen molar-refractivity contribution in [3.63, 3.8) is 0 Å². The van der Waals surface area contributed by atoms with Crippen LogP contribution in [-0.2, 0) is 6.61 Å². The first-order valence-corrected chi connectivity index (χ1v) is 10.7. The standard InChI is InChI=1S/C24H23N5O3/c30-16-20-22(17-7-2-1-3-8-17)32-23(27-20)18-9-6-14-28(15-18)24(31)19-10-4-5-11-21(19)29-25-12-13-26-29/h1-5,7-8,10-13,18,30H,6,9,14-16H2. The Morgan fingerprint density at radius 3 is 2.59 bits per heavy atom. The van der Waals surface area contributed by atoms with E-state index in [-0.39, 0.29) is 18.4 Å². The largest absolute Gasteiger partial charge is 0.440 e. The number of piperidine rings is 1. The third-order valence-corrected chi connectivity index (χ3v) is 5.73. The molecule has 1 atom stereocenters. The number of hydrogen-bond acceptors (Lipinski definition) is 6. The molecule has 1 amide bonds. The van der Waals surface area contributed by atoms with Crippen molar-refractivity contribution in [3.8, 4) is 17.0 Å². The Morgan fingerprint density at radius 2 is 1.81 bits per heavy atom. The van der Waals surface area contributed by atoms with Crippen LogP contribution in [0, 0.1) is 0 Å². The van der Waals surface area contributed by atoms with E-state index in [9.17, 15) is 9.90 Å². The van der Waals surface area contributed by atoms with Crippen LogP contribution in [0.15, 0.2) is 71.4 Å². The summed E-state index contributed by atoms with van der Waals surface area (Å²) < 4.78 is 6.11. The van der Waals surface area contributed by atoms with Gasteiger partial charge in [-0.05, 0) is 25.0 Å². The monoisotopic (exact) mass is 429 g/mol. The number of oxazole rings is 1. The van der Waals surface area contributed by atoms with E-state index in [1.807, 2.05) is 53.4 Å². The summed E-state index contributed by atoms with van der Waals surface area (Å²) in [6.07, 6.45) is 4.88. The quantitative estimate of drug-likeness (QED) is 0.522. The van der Waals surface area contributed by atoms with Gasteiger partial charge in [0.2, 0.25) is 0 Å². The minimum absolute atomic E-state index is 0.0366. The van der Waals surface area contributed by atoms with E-state index in [0.29, 0.717) is 41.7 Å². The van der Waals surface area contributed by atoms with Crippen LogP contribution < -0.4 is 0 Å². The Morgan fingerprint density at radius 1 is 1.06 bits per heavy atom. The van der Waals surface area contributed by atoms with Crippen LogP contribution in [0.3, 0.4) is 0 Å². The molecule has 1 fully saturated rings. The van der Waals surface area contributed by atoms with Gasteiger partial charge in [-0.15, -0.1) is 0 Å². The molecule has 0 saturated carbocycles. The van der Waals surface area contributed by atoms with Crippen LogP contribution in [0.2, 0.25) is 0 Å². The average Bonchev–Trinajstić information content (AvgIpc) is 3.55. The molecule has 32 heavy (non-hydrogen) atoms. The number of rotatable bonds is 5. The van der Waals surface area contributed by atoms with Gasteiger partial charge >= 0.3 is 0 Å². The maximum absolute atomic E-state index is 13.4. The topological polar surface area (TPSA) is 97.3 Å². The van der Waals surface area contributed by atoms with Crippen molar-refractivity contribution in [2.75, 3.05) is 13.1 Å². The molecule has 162 valence electrons. The lowest BCUT2D eigenvalue weighted by Crippen LogP contribution is -2.39. The van der Waals surface area contributed by atoms with Crippen molar-refractivity contribution >= 4 is 5.91 Å². The fourth-order valence-corrected chi connectivity index (χ4v) is 4.17. The van der Waals surface area contributed by atoms with Crippen LogP contribution in [0.5, 0.6) is 0 Å². The highest BCUT2D eigenvalue weighted by molar-refractivity contribution is 5.97. The number of hydrogen-bond donors (Lipinski definition) is 1. The van der Waals surface area contributed by atoms with Crippen molar-refractivity contribution in [2.24, 2.45) is 0 Å². The second kappa shape index (κ2) is 8.76. The fourth-order valence-electron chi connectivity index (χ4n) is 4.17. The van der Waals surface area contributed by atoms with E-state index in [4.69, 9.17) is 4.42 Å². The zero-order valence-electron chi connectivity index (χ0n) is 17.5. The zero-order valence-corrected chi connectivity index (χ0v) is 17.5. The van der Waals surface area contributed by atoms with E-state index in [2.05, 4.69) is 15.2 Å². The van der Waals surface area contributed by atoms with Gasteiger partial charge in [0.1, 0.15) is 5.69 Å². The molecule has 0 bridgehead atoms. The lowest BCUT2D eigenvalue weighted by atomic mass is 9.97. The van der Waals surface area contributed by atoms with Crippen molar-refractivity contribution in [1.29, 1.82) is 0 Å². The Labute approximate surface area is 185 Å². The smallest absolute Gasteiger partial charge is 0.256 e. The third kappa shape index (κ3) is 3.80. The molecule has 1 unspecified atom stereocenters. The first-order chi connectivity index (χ1) is 15.7. The van der Waals surface area contributed by atoms with E-state index >= 15 is 0 Å². The summed E-state index contributed by atoms with van der Waals surface area (Å²) in [5.41, 5.74) is 2.59. The Balaban J connectivity index is 1.40. The number of aromatic nitrogens is 4. The minimum atomic E-state index is -0.201. The van der Waals surface area contributed by atoms with Gasteiger partial charge in [-0.2, -0.15) is 15.0 Å². The summed E-state index contributed by atoms with van der Waals surface area (Å²) in [7, 11) is 0. The molecule has 3 heterocycles. The zero-order chi connectivity index (χ0) is 21.9. The molecule has 1 aliphatic rings. The number of para-hydroxylation sites is 1. The van der Waals surface area contributed by atoms with Gasteiger partial charge in [-0.3, -0.25) is 4.79 Å². The highest BCUT2D eigenvalue weighted by atomic mass is 16.4. The maximum Gasteiger partial charge on any atom is 0.256 e. The molecule has 4 aromatic rings. The molecule has 1 aliphatic heterocycles. The molecule has 1 N–H and O–H groups in total. The normalized spacial score (nSPS) is 16.3. The van der Waals surface area contributed by atoms with Crippen LogP contribution in [0.4, 0.5) is 0 Å². The summed E-state index contributed by atoms with van der Waals surface area (Å²) in [6, 6.07) is 17.0. The second-order valence-electron chi connectivity index (χ2n) is 7.78. The molecular formula is C24H23N5O3. The second-order valence-corrected chi connectivity index (χ2v) is 7.78. The molecule has 0 radical (unpaired) electrons. The summed E-state index contributed by atoms with van der Waals surface area (Å²) >= 11 is 0. The summed E-state index contributed by atoms with van der Waals surface area (Å²) in [5, 5.41) is 18.1. The SMILES string of the molecule is O=C(c1ccccc1-n1nccn1)N1CCCC(c2nc(CO)c(-c3ccccc3)o2)C1. The molecule has 2 aromatic carbocycles. The minimum Gasteiger partial charge on any atom is -0.440 e. The van der Waals surface area contributed by atoms with Crippen LogP contribution in [0.1, 0.15) is 40.7 Å². The fraction of sp³-hybridized carbons (Fsp3) is 0.250. The third-order valence-electron chi connectivity index (χ3n) is 5.73. The van der Waals surface area contributed by atoms with Gasteiger partial charge in [0.25, 0.3) is 5.91 Å². The van der Waals surface area contributed by atoms with E-state index in [1.165, 1.54) is 4.80 Å².